The number of benzene rings is 14. The van der Waals surface area contributed by atoms with Gasteiger partial charge in [0, 0.05) is 5.92 Å². The second-order valence-corrected chi connectivity index (χ2v) is 22.3. The zero-order chi connectivity index (χ0) is 54.0. The molecule has 380 valence electrons. The van der Waals surface area contributed by atoms with Crippen molar-refractivity contribution >= 4 is 120 Å². The van der Waals surface area contributed by atoms with Gasteiger partial charge in [-0.05, 0) is 187 Å². The van der Waals surface area contributed by atoms with Crippen LogP contribution in [0.15, 0.2) is 296 Å². The van der Waals surface area contributed by atoms with Crippen molar-refractivity contribution in [3.05, 3.63) is 313 Å². The summed E-state index contributed by atoms with van der Waals surface area (Å²) < 4.78 is 0. The highest BCUT2D eigenvalue weighted by Gasteiger charge is 2.32. The smallest absolute Gasteiger partial charge is 0.0278 e. The maximum Gasteiger partial charge on any atom is 0.0278 e. The van der Waals surface area contributed by atoms with Crippen LogP contribution in [-0.4, -0.2) is 0 Å². The third-order valence-electron chi connectivity index (χ3n) is 18.3. The average Bonchev–Trinajstić information content (AvgIpc) is 1.89. The Balaban J connectivity index is 0.923. The van der Waals surface area contributed by atoms with Gasteiger partial charge in [0.25, 0.3) is 0 Å². The van der Waals surface area contributed by atoms with Gasteiger partial charge < -0.3 is 0 Å². The van der Waals surface area contributed by atoms with Gasteiger partial charge in [0.05, 0.1) is 0 Å². The van der Waals surface area contributed by atoms with E-state index in [-0.39, 0.29) is 5.92 Å². The summed E-state index contributed by atoms with van der Waals surface area (Å²) in [7, 11) is 0. The fourth-order valence-electron chi connectivity index (χ4n) is 14.9. The lowest BCUT2D eigenvalue weighted by Crippen LogP contribution is -2.20. The number of rotatable bonds is 8. The summed E-state index contributed by atoms with van der Waals surface area (Å²) >= 11 is 0. The van der Waals surface area contributed by atoms with E-state index in [9.17, 15) is 0 Å². The van der Waals surface area contributed by atoms with Crippen LogP contribution in [0.25, 0.3) is 153 Å². The molecule has 0 heteroatoms. The summed E-state index contributed by atoms with van der Waals surface area (Å²) in [5.41, 5.74) is 14.3. The quantitative estimate of drug-likeness (QED) is 0.105. The van der Waals surface area contributed by atoms with E-state index < -0.39 is 0 Å². The van der Waals surface area contributed by atoms with Gasteiger partial charge in [0.1, 0.15) is 0 Å². The standard InChI is InChI=1S/C82H52/c1-2-3-26-51-52-27-4-5-28-53(52)58(51)47-48-59-54-29-6-10-33-60(54)77(61-34-11-7-30-55(59)61)79-64-37-14-18-41-68(64)81(69-42-19-15-38-65(69)79)82-70-43-20-16-39-66(70)80(67-40-17-21-44-71(67)82)78-62-35-12-8-31-56(62)74(57-32-9-13-36-63(57)78)49-75-72-45-22-24-50-25-23-46-73(75)76(50)72/h2-26,28-49,58H,1,27H2/b26-3-,48-47+. The number of fused-ring (bicyclic) bond motifs is 9. The van der Waals surface area contributed by atoms with Crippen molar-refractivity contribution in [3.63, 3.8) is 0 Å². The minimum atomic E-state index is 0.226. The zero-order valence-corrected chi connectivity index (χ0v) is 45.1. The van der Waals surface area contributed by atoms with Crippen LogP contribution in [0.4, 0.5) is 0 Å². The molecule has 0 spiro atoms. The normalized spacial score (nSPS) is 14.6. The average molecular weight is 1040 g/mol. The molecule has 1 atom stereocenters. The highest BCUT2D eigenvalue weighted by Crippen LogP contribution is 2.54. The highest BCUT2D eigenvalue weighted by molar-refractivity contribution is 6.35. The van der Waals surface area contributed by atoms with E-state index in [0.717, 1.165) is 6.42 Å². The van der Waals surface area contributed by atoms with Crippen LogP contribution in [0.2, 0.25) is 0 Å². The third-order valence-corrected chi connectivity index (χ3v) is 18.3. The first-order valence-corrected chi connectivity index (χ1v) is 28.8. The zero-order valence-electron chi connectivity index (χ0n) is 45.1. The molecule has 82 heavy (non-hydrogen) atoms. The van der Waals surface area contributed by atoms with Gasteiger partial charge >= 0.3 is 0 Å². The predicted molar refractivity (Wildman–Crippen MR) is 355 cm³/mol. The molecule has 17 rings (SSSR count). The van der Waals surface area contributed by atoms with Gasteiger partial charge in [-0.2, -0.15) is 0 Å². The summed E-state index contributed by atoms with van der Waals surface area (Å²) in [6.07, 6.45) is 21.3. The fourth-order valence-corrected chi connectivity index (χ4v) is 14.9. The molecule has 2 aliphatic rings. The molecule has 15 aromatic rings. The second kappa shape index (κ2) is 18.3. The molecule has 0 amide bonds. The van der Waals surface area contributed by atoms with Crippen LogP contribution in [0, 0.1) is 5.92 Å². The molecule has 0 radical (unpaired) electrons. The maximum atomic E-state index is 3.99. The Bertz CT molecular complexity index is 5220. The molecule has 2 aliphatic carbocycles. The van der Waals surface area contributed by atoms with E-state index >= 15 is 0 Å². The Morgan fingerprint density at radius 3 is 1.04 bits per heavy atom. The van der Waals surface area contributed by atoms with Gasteiger partial charge in [-0.1, -0.05) is 286 Å². The molecule has 0 saturated carbocycles. The molecule has 0 heterocycles. The van der Waals surface area contributed by atoms with Crippen LogP contribution in [0.3, 0.4) is 0 Å². The lowest BCUT2D eigenvalue weighted by molar-refractivity contribution is 0.808. The van der Waals surface area contributed by atoms with Crippen molar-refractivity contribution < 1.29 is 0 Å². The van der Waals surface area contributed by atoms with Crippen molar-refractivity contribution in [1.29, 1.82) is 0 Å². The van der Waals surface area contributed by atoms with Crippen molar-refractivity contribution in [2.75, 3.05) is 0 Å². The van der Waals surface area contributed by atoms with Crippen molar-refractivity contribution in [2.45, 2.75) is 6.42 Å². The van der Waals surface area contributed by atoms with E-state index in [2.05, 4.69) is 286 Å². The van der Waals surface area contributed by atoms with E-state index in [0.29, 0.717) is 0 Å². The molecule has 0 nitrogen and oxygen atoms in total. The topological polar surface area (TPSA) is 0 Å². The number of allylic oxidation sites excluding steroid dienone is 10. The second-order valence-electron chi connectivity index (χ2n) is 22.3. The summed E-state index contributed by atoms with van der Waals surface area (Å²) in [5.74, 6) is 0.226. The Morgan fingerprint density at radius 2 is 0.671 bits per heavy atom. The van der Waals surface area contributed by atoms with Crippen molar-refractivity contribution in [3.8, 4) is 33.4 Å². The van der Waals surface area contributed by atoms with E-state index in [4.69, 9.17) is 0 Å². The maximum absolute atomic E-state index is 3.99. The molecule has 0 N–H and O–H groups in total. The van der Waals surface area contributed by atoms with Gasteiger partial charge in [-0.25, -0.2) is 0 Å². The fraction of sp³-hybridized carbons (Fsp3) is 0.0244. The first-order chi connectivity index (χ1) is 40.7. The third kappa shape index (κ3) is 6.67. The van der Waals surface area contributed by atoms with Crippen LogP contribution < -0.4 is 5.22 Å². The van der Waals surface area contributed by atoms with Crippen LogP contribution in [-0.2, 0) is 0 Å². The summed E-state index contributed by atoms with van der Waals surface area (Å²) in [5, 5.41) is 26.5. The molecule has 0 bridgehead atoms. The van der Waals surface area contributed by atoms with Gasteiger partial charge in [0.2, 0.25) is 0 Å². The Labute approximate surface area is 475 Å². The summed E-state index contributed by atoms with van der Waals surface area (Å²) in [6, 6.07) is 86.8. The highest BCUT2D eigenvalue weighted by atomic mass is 14.4. The van der Waals surface area contributed by atoms with Gasteiger partial charge in [-0.3, -0.25) is 0 Å². The lowest BCUT2D eigenvalue weighted by atomic mass is 9.69. The molecule has 0 aromatic heterocycles. The summed E-state index contributed by atoms with van der Waals surface area (Å²) in [6.45, 7) is 3.99. The first kappa shape index (κ1) is 46.5. The van der Waals surface area contributed by atoms with Crippen LogP contribution >= 0.6 is 0 Å². The number of hydrogen-bond donors (Lipinski definition) is 0. The van der Waals surface area contributed by atoms with Crippen LogP contribution in [0.5, 0.6) is 0 Å². The van der Waals surface area contributed by atoms with Crippen LogP contribution in [0.1, 0.15) is 17.5 Å². The predicted octanol–water partition coefficient (Wildman–Crippen LogP) is 21.8. The van der Waals surface area contributed by atoms with Gasteiger partial charge in [-0.15, -0.1) is 0 Å². The first-order valence-electron chi connectivity index (χ1n) is 28.8. The monoisotopic (exact) mass is 1040 g/mol. The Morgan fingerprint density at radius 1 is 0.341 bits per heavy atom. The minimum absolute atomic E-state index is 0.226. The largest absolute Gasteiger partial charge is 0.0991 e. The van der Waals surface area contributed by atoms with Crippen molar-refractivity contribution in [1.82, 2.24) is 0 Å². The van der Waals surface area contributed by atoms with E-state index in [1.165, 1.54) is 174 Å². The van der Waals surface area contributed by atoms with E-state index in [1.807, 2.05) is 6.08 Å². The molecule has 0 saturated heterocycles. The minimum Gasteiger partial charge on any atom is -0.0991 e. The Hall–Kier alpha value is -10.4. The SMILES string of the molecule is C=C/C=C\C1=C2CC=CC=C2C1/C=C/c1c2ccccc2c(-c2c3ccccc3c(-c3c4ccccc4c(-c4c5ccccc5c(C=c5c6cccc7cccc5c76)c5ccccc45)c4ccccc34)c3ccccc23)c2ccccc12. The molecule has 0 fully saturated rings. The van der Waals surface area contributed by atoms with Crippen molar-refractivity contribution in [2.24, 2.45) is 5.92 Å². The lowest BCUT2D eigenvalue weighted by Gasteiger charge is -2.35. The Kier molecular flexibility index (Phi) is 10.4. The van der Waals surface area contributed by atoms with E-state index in [1.54, 1.807) is 0 Å². The molecule has 0 aliphatic heterocycles. The molecule has 1 unspecified atom stereocenters. The molecular weight excluding hydrogens is 985 g/mol. The van der Waals surface area contributed by atoms with Gasteiger partial charge in [0.15, 0.2) is 0 Å². The summed E-state index contributed by atoms with van der Waals surface area (Å²) in [4.78, 5) is 0. The molecular formula is C82H52. The number of hydrogen-bond acceptors (Lipinski definition) is 0. The molecule has 15 aromatic carbocycles.